The molecule has 1 aliphatic heterocycles. The van der Waals surface area contributed by atoms with Crippen LogP contribution in [0.3, 0.4) is 0 Å². The SMILES string of the molecule is CN1CC(Cl)(C=O)C(C(Cl)Cl)=N1. The lowest BCUT2D eigenvalue weighted by molar-refractivity contribution is -0.108. The fraction of sp³-hybridized carbons (Fsp3) is 0.667. The Balaban J connectivity index is 2.94. The van der Waals surface area contributed by atoms with Crippen LogP contribution in [0.4, 0.5) is 0 Å². The van der Waals surface area contributed by atoms with Crippen LogP contribution in [0.5, 0.6) is 0 Å². The number of rotatable bonds is 2. The summed E-state index contributed by atoms with van der Waals surface area (Å²) in [7, 11) is 1.70. The largest absolute Gasteiger partial charge is 0.301 e. The molecule has 0 N–H and O–H groups in total. The van der Waals surface area contributed by atoms with Crippen LogP contribution in [0.15, 0.2) is 5.10 Å². The number of carbonyl (C=O) groups is 1. The van der Waals surface area contributed by atoms with E-state index >= 15 is 0 Å². The lowest BCUT2D eigenvalue weighted by Crippen LogP contribution is -2.39. The predicted molar refractivity (Wildman–Crippen MR) is 50.2 cm³/mol. The van der Waals surface area contributed by atoms with Gasteiger partial charge in [0.1, 0.15) is 16.8 Å². The minimum Gasteiger partial charge on any atom is -0.301 e. The van der Waals surface area contributed by atoms with Gasteiger partial charge < -0.3 is 4.79 Å². The standard InChI is InChI=1S/C6H7Cl3N2O/c1-11-2-6(9,3-12)4(10-11)5(7)8/h3,5H,2H2,1H3. The molecule has 6 heteroatoms. The van der Waals surface area contributed by atoms with E-state index in [1.807, 2.05) is 0 Å². The van der Waals surface area contributed by atoms with Crippen LogP contribution in [0.25, 0.3) is 0 Å². The first-order valence-corrected chi connectivity index (χ1v) is 4.48. The Morgan fingerprint density at radius 1 is 1.75 bits per heavy atom. The maximum absolute atomic E-state index is 10.6. The van der Waals surface area contributed by atoms with Gasteiger partial charge >= 0.3 is 0 Å². The summed E-state index contributed by atoms with van der Waals surface area (Å²) in [4.78, 5) is 8.65. The summed E-state index contributed by atoms with van der Waals surface area (Å²) in [6.07, 6.45) is 0.606. The van der Waals surface area contributed by atoms with Gasteiger partial charge in [-0.1, -0.05) is 23.2 Å². The Kier molecular flexibility index (Phi) is 2.86. The van der Waals surface area contributed by atoms with Crippen LogP contribution in [0.1, 0.15) is 0 Å². The molecule has 1 aliphatic rings. The molecule has 1 heterocycles. The fourth-order valence-electron chi connectivity index (χ4n) is 1.04. The first kappa shape index (κ1) is 10.1. The van der Waals surface area contributed by atoms with E-state index < -0.39 is 9.71 Å². The van der Waals surface area contributed by atoms with Gasteiger partial charge in [-0.25, -0.2) is 0 Å². The van der Waals surface area contributed by atoms with E-state index in [0.717, 1.165) is 0 Å². The molecule has 0 bridgehead atoms. The van der Waals surface area contributed by atoms with Crippen molar-refractivity contribution in [1.29, 1.82) is 0 Å². The van der Waals surface area contributed by atoms with E-state index in [1.165, 1.54) is 5.01 Å². The van der Waals surface area contributed by atoms with Crippen LogP contribution in [-0.4, -0.2) is 40.3 Å². The lowest BCUT2D eigenvalue weighted by Gasteiger charge is -2.15. The molecule has 0 aromatic rings. The van der Waals surface area contributed by atoms with Crippen LogP contribution in [0.2, 0.25) is 0 Å². The van der Waals surface area contributed by atoms with E-state index in [2.05, 4.69) is 5.10 Å². The van der Waals surface area contributed by atoms with Gasteiger partial charge in [0.05, 0.1) is 6.54 Å². The summed E-state index contributed by atoms with van der Waals surface area (Å²) >= 11 is 17.1. The maximum atomic E-state index is 10.6. The molecule has 68 valence electrons. The van der Waals surface area contributed by atoms with Crippen molar-refractivity contribution >= 4 is 46.8 Å². The van der Waals surface area contributed by atoms with Crippen molar-refractivity contribution in [2.24, 2.45) is 5.10 Å². The number of hydrazone groups is 1. The summed E-state index contributed by atoms with van der Waals surface area (Å²) in [6, 6.07) is 0. The monoisotopic (exact) mass is 228 g/mol. The molecular weight excluding hydrogens is 222 g/mol. The van der Waals surface area contributed by atoms with E-state index in [-0.39, 0.29) is 0 Å². The van der Waals surface area contributed by atoms with Gasteiger partial charge in [-0.15, -0.1) is 11.6 Å². The van der Waals surface area contributed by atoms with Gasteiger partial charge in [-0.05, 0) is 0 Å². The molecule has 1 atom stereocenters. The molecule has 0 aromatic heterocycles. The van der Waals surface area contributed by atoms with Gasteiger partial charge in [0.2, 0.25) is 0 Å². The number of halogens is 3. The normalized spacial score (nSPS) is 29.4. The number of hydrogen-bond donors (Lipinski definition) is 0. The molecule has 12 heavy (non-hydrogen) atoms. The average molecular weight is 229 g/mol. The Morgan fingerprint density at radius 2 is 2.33 bits per heavy atom. The molecule has 1 unspecified atom stereocenters. The van der Waals surface area contributed by atoms with Crippen LogP contribution in [-0.2, 0) is 4.79 Å². The topological polar surface area (TPSA) is 32.7 Å². The maximum Gasteiger partial charge on any atom is 0.161 e. The number of alkyl halides is 3. The third kappa shape index (κ3) is 1.68. The van der Waals surface area contributed by atoms with Crippen molar-refractivity contribution in [3.63, 3.8) is 0 Å². The molecule has 0 fully saturated rings. The first-order chi connectivity index (χ1) is 5.49. The second kappa shape index (κ2) is 3.40. The molecule has 0 radical (unpaired) electrons. The average Bonchev–Trinajstić information content (AvgIpc) is 2.27. The number of nitrogens with zero attached hydrogens (tertiary/aromatic N) is 2. The molecule has 0 aliphatic carbocycles. The lowest BCUT2D eigenvalue weighted by atomic mass is 10.1. The molecule has 0 spiro atoms. The van der Waals surface area contributed by atoms with E-state index in [0.29, 0.717) is 18.5 Å². The van der Waals surface area contributed by atoms with Crippen molar-refractivity contribution in [1.82, 2.24) is 5.01 Å². The van der Waals surface area contributed by atoms with E-state index in [4.69, 9.17) is 34.8 Å². The molecule has 0 amide bonds. The molecular formula is C6H7Cl3N2O. The molecule has 0 saturated carbocycles. The van der Waals surface area contributed by atoms with Crippen LogP contribution >= 0.6 is 34.8 Å². The highest BCUT2D eigenvalue weighted by molar-refractivity contribution is 6.61. The van der Waals surface area contributed by atoms with Gasteiger partial charge in [-0.3, -0.25) is 5.01 Å². The summed E-state index contributed by atoms with van der Waals surface area (Å²) in [5, 5.41) is 5.47. The van der Waals surface area contributed by atoms with Crippen molar-refractivity contribution in [3.05, 3.63) is 0 Å². The quantitative estimate of drug-likeness (QED) is 0.528. The summed E-state index contributed by atoms with van der Waals surface area (Å²) in [6.45, 7) is 0.309. The van der Waals surface area contributed by atoms with E-state index in [9.17, 15) is 4.79 Å². The second-order valence-electron chi connectivity index (χ2n) is 2.58. The third-order valence-electron chi connectivity index (χ3n) is 1.56. The Morgan fingerprint density at radius 3 is 2.67 bits per heavy atom. The molecule has 0 aromatic carbocycles. The minimum atomic E-state index is -1.15. The Hall–Kier alpha value is 0.01000. The van der Waals surface area contributed by atoms with Crippen LogP contribution < -0.4 is 0 Å². The van der Waals surface area contributed by atoms with E-state index in [1.54, 1.807) is 7.05 Å². The van der Waals surface area contributed by atoms with Gasteiger partial charge in [0.25, 0.3) is 0 Å². The fourth-order valence-corrected chi connectivity index (χ4v) is 1.95. The highest BCUT2D eigenvalue weighted by Gasteiger charge is 2.42. The molecule has 1 rings (SSSR count). The third-order valence-corrected chi connectivity index (χ3v) is 2.37. The first-order valence-electron chi connectivity index (χ1n) is 3.23. The second-order valence-corrected chi connectivity index (χ2v) is 4.35. The Labute approximate surface area is 85.3 Å². The predicted octanol–water partition coefficient (Wildman–Crippen LogP) is 1.27. The number of aldehydes is 1. The van der Waals surface area contributed by atoms with Crippen molar-refractivity contribution in [3.8, 4) is 0 Å². The zero-order chi connectivity index (χ0) is 9.35. The van der Waals surface area contributed by atoms with Crippen molar-refractivity contribution in [2.45, 2.75) is 9.71 Å². The van der Waals surface area contributed by atoms with Gasteiger partial charge in [0.15, 0.2) is 4.87 Å². The highest BCUT2D eigenvalue weighted by Crippen LogP contribution is 2.27. The summed E-state index contributed by atoms with van der Waals surface area (Å²) in [5.41, 5.74) is 0.296. The van der Waals surface area contributed by atoms with Crippen molar-refractivity contribution < 1.29 is 4.79 Å². The number of hydrogen-bond acceptors (Lipinski definition) is 3. The molecule has 3 nitrogen and oxygen atoms in total. The Bertz CT molecular complexity index is 231. The van der Waals surface area contributed by atoms with Crippen molar-refractivity contribution in [2.75, 3.05) is 13.6 Å². The molecule has 0 saturated heterocycles. The minimum absolute atomic E-state index is 0.296. The summed E-state index contributed by atoms with van der Waals surface area (Å²) in [5.74, 6) is 0. The smallest absolute Gasteiger partial charge is 0.161 e. The zero-order valence-corrected chi connectivity index (χ0v) is 8.57. The summed E-state index contributed by atoms with van der Waals surface area (Å²) < 4.78 is 0. The van der Waals surface area contributed by atoms with Crippen LogP contribution in [0, 0.1) is 0 Å². The zero-order valence-electron chi connectivity index (χ0n) is 6.30. The number of carbonyl (C=O) groups excluding carboxylic acids is 1. The van der Waals surface area contributed by atoms with Gasteiger partial charge in [0, 0.05) is 7.05 Å². The highest BCUT2D eigenvalue weighted by atomic mass is 35.5. The van der Waals surface area contributed by atoms with Gasteiger partial charge in [-0.2, -0.15) is 5.10 Å².